The molecule has 4 rings (SSSR count). The molecule has 0 unspecified atom stereocenters. The number of hydrogen-bond acceptors (Lipinski definition) is 4. The Morgan fingerprint density at radius 3 is 2.31 bits per heavy atom. The van der Waals surface area contributed by atoms with E-state index in [1.807, 2.05) is 37.8 Å². The highest BCUT2D eigenvalue weighted by atomic mass is 16.6. The average Bonchev–Trinajstić information content (AvgIpc) is 2.93. The molecule has 0 aliphatic carbocycles. The van der Waals surface area contributed by atoms with E-state index < -0.39 is 5.60 Å². The van der Waals surface area contributed by atoms with Gasteiger partial charge in [0, 0.05) is 32.6 Å². The molecule has 6 nitrogen and oxygen atoms in total. The molecule has 0 radical (unpaired) electrons. The number of rotatable bonds is 8. The van der Waals surface area contributed by atoms with E-state index in [-0.39, 0.29) is 12.0 Å². The van der Waals surface area contributed by atoms with Crippen molar-refractivity contribution in [2.75, 3.05) is 26.2 Å². The predicted octanol–water partition coefficient (Wildman–Crippen LogP) is 6.87. The summed E-state index contributed by atoms with van der Waals surface area (Å²) in [5, 5.41) is 0. The van der Waals surface area contributed by atoms with Crippen molar-refractivity contribution in [3.05, 3.63) is 71.3 Å². The summed E-state index contributed by atoms with van der Waals surface area (Å²) in [6.07, 6.45) is 6.98. The van der Waals surface area contributed by atoms with Crippen LogP contribution in [0.1, 0.15) is 76.5 Å². The van der Waals surface area contributed by atoms with Crippen molar-refractivity contribution < 1.29 is 19.1 Å². The Hall–Kier alpha value is -3.28. The van der Waals surface area contributed by atoms with Gasteiger partial charge in [-0.3, -0.25) is 4.79 Å². The van der Waals surface area contributed by atoms with Crippen LogP contribution >= 0.6 is 0 Å². The normalized spacial score (nSPS) is 16.6. The lowest BCUT2D eigenvalue weighted by Crippen LogP contribution is -2.42. The van der Waals surface area contributed by atoms with E-state index in [0.717, 1.165) is 50.9 Å². The number of allylic oxidation sites excluding steroid dienone is 2. The lowest BCUT2D eigenvalue weighted by atomic mass is 9.98. The molecule has 0 saturated carbocycles. The van der Waals surface area contributed by atoms with E-state index in [9.17, 15) is 9.59 Å². The van der Waals surface area contributed by atoms with Crippen molar-refractivity contribution in [2.45, 2.75) is 78.4 Å². The third kappa shape index (κ3) is 8.35. The third-order valence-electron chi connectivity index (χ3n) is 7.59. The second-order valence-corrected chi connectivity index (χ2v) is 11.7. The summed E-state index contributed by atoms with van der Waals surface area (Å²) in [7, 11) is 0. The summed E-state index contributed by atoms with van der Waals surface area (Å²) < 4.78 is 11.6. The van der Waals surface area contributed by atoms with Crippen LogP contribution in [0, 0.1) is 5.92 Å². The first-order valence-corrected chi connectivity index (χ1v) is 14.5. The van der Waals surface area contributed by atoms with E-state index in [1.165, 1.54) is 22.3 Å². The van der Waals surface area contributed by atoms with Crippen LogP contribution in [0.5, 0.6) is 5.75 Å². The van der Waals surface area contributed by atoms with E-state index >= 15 is 0 Å². The minimum atomic E-state index is -0.464. The fourth-order valence-electron chi connectivity index (χ4n) is 5.29. The number of likely N-dealkylation sites (tertiary alicyclic amines) is 1. The van der Waals surface area contributed by atoms with Crippen LogP contribution in [0.15, 0.2) is 54.6 Å². The molecule has 1 saturated heterocycles. The Labute approximate surface area is 234 Å². The smallest absolute Gasteiger partial charge is 0.410 e. The molecule has 0 N–H and O–H groups in total. The van der Waals surface area contributed by atoms with Gasteiger partial charge in [0.15, 0.2) is 0 Å². The first kappa shape index (κ1) is 28.7. The second-order valence-electron chi connectivity index (χ2n) is 11.7. The van der Waals surface area contributed by atoms with Gasteiger partial charge >= 0.3 is 6.09 Å². The van der Waals surface area contributed by atoms with E-state index in [0.29, 0.717) is 32.0 Å². The van der Waals surface area contributed by atoms with E-state index in [2.05, 4.69) is 49.4 Å². The number of carbonyl (C=O) groups excluding carboxylic acids is 2. The Morgan fingerprint density at radius 2 is 1.64 bits per heavy atom. The number of hydrogen-bond donors (Lipinski definition) is 0. The van der Waals surface area contributed by atoms with Crippen LogP contribution in [-0.4, -0.2) is 53.6 Å². The average molecular weight is 533 g/mol. The number of amides is 2. The first-order valence-electron chi connectivity index (χ1n) is 14.5. The molecule has 2 amide bonds. The zero-order valence-corrected chi connectivity index (χ0v) is 24.1. The van der Waals surface area contributed by atoms with Crippen molar-refractivity contribution in [3.63, 3.8) is 0 Å². The quantitative estimate of drug-likeness (QED) is 0.372. The van der Waals surface area contributed by atoms with Crippen LogP contribution in [0.2, 0.25) is 0 Å². The van der Waals surface area contributed by atoms with Gasteiger partial charge in [0.2, 0.25) is 5.91 Å². The number of ether oxygens (including phenoxy) is 2. The molecule has 0 bridgehead atoms. The molecular weight excluding hydrogens is 488 g/mol. The molecular formula is C33H44N2O4. The number of nitrogens with zero attached hydrogens (tertiary/aromatic N) is 2. The summed E-state index contributed by atoms with van der Waals surface area (Å²) in [5.74, 6) is 1.53. The Morgan fingerprint density at radius 1 is 0.949 bits per heavy atom. The lowest BCUT2D eigenvalue weighted by Gasteiger charge is -2.33. The monoisotopic (exact) mass is 532 g/mol. The highest BCUT2D eigenvalue weighted by Crippen LogP contribution is 2.25. The van der Waals surface area contributed by atoms with Crippen molar-refractivity contribution >= 4 is 17.6 Å². The second kappa shape index (κ2) is 13.2. The van der Waals surface area contributed by atoms with Gasteiger partial charge in [-0.05, 0) is 93.2 Å². The molecule has 1 fully saturated rings. The topological polar surface area (TPSA) is 59.1 Å². The van der Waals surface area contributed by atoms with Crippen LogP contribution in [0.4, 0.5) is 4.79 Å². The molecule has 0 aromatic heterocycles. The maximum atomic E-state index is 12.8. The van der Waals surface area contributed by atoms with Gasteiger partial charge in [0.1, 0.15) is 11.4 Å². The molecule has 2 heterocycles. The number of fused-ring (bicyclic) bond motifs is 1. The summed E-state index contributed by atoms with van der Waals surface area (Å²) in [6, 6.07) is 16.7. The van der Waals surface area contributed by atoms with Gasteiger partial charge < -0.3 is 19.3 Å². The predicted molar refractivity (Wildman–Crippen MR) is 156 cm³/mol. The maximum absolute atomic E-state index is 12.8. The molecule has 2 aliphatic heterocycles. The Kier molecular flexibility index (Phi) is 9.71. The van der Waals surface area contributed by atoms with Crippen LogP contribution < -0.4 is 4.74 Å². The fourth-order valence-corrected chi connectivity index (χ4v) is 5.29. The lowest BCUT2D eigenvalue weighted by molar-refractivity contribution is -0.132. The summed E-state index contributed by atoms with van der Waals surface area (Å²) in [5.41, 5.74) is 4.61. The molecule has 2 aromatic rings. The highest BCUT2D eigenvalue weighted by Gasteiger charge is 2.27. The number of benzene rings is 2. The van der Waals surface area contributed by atoms with E-state index in [4.69, 9.17) is 9.47 Å². The van der Waals surface area contributed by atoms with Gasteiger partial charge in [-0.1, -0.05) is 49.4 Å². The van der Waals surface area contributed by atoms with Gasteiger partial charge in [-0.25, -0.2) is 4.79 Å². The molecule has 210 valence electrons. The minimum absolute atomic E-state index is 0.223. The number of carbonyl (C=O) groups is 2. The minimum Gasteiger partial charge on any atom is -0.493 e. The molecule has 39 heavy (non-hydrogen) atoms. The standard InChI is InChI=1S/C33H44N2O4/c1-5-26(11-8-12-31(36)35-22-19-27-9-6-7-10-29(27)23-35)28-13-15-30(16-14-28)38-24-25-17-20-34(21-18-25)32(37)39-33(2,3)4/h6-7,9-11,13-16,25H,5,8,12,17-24H2,1-4H3/b26-11+. The van der Waals surface area contributed by atoms with Crippen molar-refractivity contribution in [2.24, 2.45) is 5.92 Å². The van der Waals surface area contributed by atoms with Crippen molar-refractivity contribution in [1.82, 2.24) is 9.80 Å². The van der Waals surface area contributed by atoms with Crippen molar-refractivity contribution in [1.29, 1.82) is 0 Å². The molecule has 0 spiro atoms. The maximum Gasteiger partial charge on any atom is 0.410 e. The van der Waals surface area contributed by atoms with Gasteiger partial charge in [-0.2, -0.15) is 0 Å². The SMILES string of the molecule is CC/C(=C\CCC(=O)N1CCc2ccccc2C1)c1ccc(OCC2CCN(C(=O)OC(C)(C)C)CC2)cc1. The van der Waals surface area contributed by atoms with Gasteiger partial charge in [0.05, 0.1) is 6.61 Å². The van der Waals surface area contributed by atoms with Crippen LogP contribution in [0.3, 0.4) is 0 Å². The number of piperidine rings is 1. The van der Waals surface area contributed by atoms with Crippen LogP contribution in [-0.2, 0) is 22.5 Å². The highest BCUT2D eigenvalue weighted by molar-refractivity contribution is 5.77. The van der Waals surface area contributed by atoms with Crippen molar-refractivity contribution in [3.8, 4) is 5.75 Å². The van der Waals surface area contributed by atoms with Gasteiger partial charge in [0.25, 0.3) is 0 Å². The zero-order chi connectivity index (χ0) is 27.8. The Balaban J connectivity index is 1.20. The van der Waals surface area contributed by atoms with Gasteiger partial charge in [-0.15, -0.1) is 0 Å². The summed E-state index contributed by atoms with van der Waals surface area (Å²) in [6.45, 7) is 11.4. The fraction of sp³-hybridized carbons (Fsp3) is 0.515. The Bertz CT molecular complexity index is 1140. The van der Waals surface area contributed by atoms with Crippen LogP contribution in [0.25, 0.3) is 5.57 Å². The van der Waals surface area contributed by atoms with E-state index in [1.54, 1.807) is 4.90 Å². The molecule has 2 aromatic carbocycles. The molecule has 2 aliphatic rings. The largest absolute Gasteiger partial charge is 0.493 e. The first-order chi connectivity index (χ1) is 18.7. The third-order valence-corrected chi connectivity index (χ3v) is 7.59. The zero-order valence-electron chi connectivity index (χ0n) is 24.1. The summed E-state index contributed by atoms with van der Waals surface area (Å²) >= 11 is 0. The molecule has 6 heteroatoms. The molecule has 0 atom stereocenters. The summed E-state index contributed by atoms with van der Waals surface area (Å²) in [4.78, 5) is 28.9.